The number of hydrogen-bond acceptors (Lipinski definition) is 6. The third-order valence-corrected chi connectivity index (χ3v) is 7.66. The van der Waals surface area contributed by atoms with E-state index in [1.54, 1.807) is 0 Å². The Hall–Kier alpha value is -0.123. The van der Waals surface area contributed by atoms with Crippen LogP contribution in [-0.4, -0.2) is 78.1 Å². The van der Waals surface area contributed by atoms with Crippen molar-refractivity contribution in [2.75, 3.05) is 58.5 Å². The summed E-state index contributed by atoms with van der Waals surface area (Å²) in [4.78, 5) is 13.9. The molecule has 0 aromatic heterocycles. The molecule has 0 aliphatic rings. The molecule has 0 aromatic carbocycles. The predicted molar refractivity (Wildman–Crippen MR) is 108 cm³/mol. The molecule has 0 saturated heterocycles. The molecular formula is C17H38N2O4SSi. The zero-order chi connectivity index (χ0) is 19.0. The average molecular weight is 395 g/mol. The highest BCUT2D eigenvalue weighted by Crippen LogP contribution is 2.20. The number of thioether (sulfide) groups is 1. The second-order valence-corrected chi connectivity index (χ2v) is 9.91. The first kappa shape index (κ1) is 24.9. The van der Waals surface area contributed by atoms with Crippen LogP contribution in [0.2, 0.25) is 6.04 Å². The van der Waals surface area contributed by atoms with Crippen molar-refractivity contribution in [3.05, 3.63) is 0 Å². The Kier molecular flexibility index (Phi) is 16.0. The van der Waals surface area contributed by atoms with Gasteiger partial charge >= 0.3 is 8.80 Å². The van der Waals surface area contributed by atoms with E-state index >= 15 is 0 Å². The molecule has 150 valence electrons. The molecule has 25 heavy (non-hydrogen) atoms. The van der Waals surface area contributed by atoms with Crippen molar-refractivity contribution in [3.8, 4) is 0 Å². The van der Waals surface area contributed by atoms with E-state index < -0.39 is 8.80 Å². The van der Waals surface area contributed by atoms with Crippen molar-refractivity contribution in [2.45, 2.75) is 46.1 Å². The van der Waals surface area contributed by atoms with Crippen molar-refractivity contribution >= 4 is 26.5 Å². The molecule has 6 nitrogen and oxygen atoms in total. The Morgan fingerprint density at radius 1 is 1.00 bits per heavy atom. The van der Waals surface area contributed by atoms with E-state index in [-0.39, 0.29) is 5.91 Å². The summed E-state index contributed by atoms with van der Waals surface area (Å²) >= 11 is 1.81. The summed E-state index contributed by atoms with van der Waals surface area (Å²) in [5.41, 5.74) is 0. The highest BCUT2D eigenvalue weighted by atomic mass is 32.2. The zero-order valence-electron chi connectivity index (χ0n) is 16.8. The summed E-state index contributed by atoms with van der Waals surface area (Å²) in [5.74, 6) is 2.00. The number of nitrogens with one attached hydrogen (secondary N) is 1. The number of carbonyl (C=O) groups excluding carboxylic acids is 1. The maximum atomic E-state index is 11.7. The third kappa shape index (κ3) is 13.7. The lowest BCUT2D eigenvalue weighted by Gasteiger charge is -2.28. The Labute approximate surface area is 159 Å². The van der Waals surface area contributed by atoms with Gasteiger partial charge in [-0.15, -0.1) is 0 Å². The topological polar surface area (TPSA) is 60.0 Å². The third-order valence-electron chi connectivity index (χ3n) is 3.44. The first-order valence-electron chi connectivity index (χ1n) is 9.40. The molecule has 0 fully saturated rings. The number of hydrogen-bond donors (Lipinski definition) is 1. The average Bonchev–Trinajstić information content (AvgIpc) is 2.55. The largest absolute Gasteiger partial charge is 0.500 e. The molecule has 8 heteroatoms. The smallest absolute Gasteiger partial charge is 0.374 e. The van der Waals surface area contributed by atoms with Gasteiger partial charge in [0.25, 0.3) is 0 Å². The first-order valence-corrected chi connectivity index (χ1v) is 12.5. The van der Waals surface area contributed by atoms with Crippen LogP contribution in [0.1, 0.15) is 40.0 Å². The molecule has 0 bridgehead atoms. The summed E-state index contributed by atoms with van der Waals surface area (Å²) in [6.07, 6.45) is 2.56. The van der Waals surface area contributed by atoms with Crippen LogP contribution in [0.15, 0.2) is 0 Å². The highest BCUT2D eigenvalue weighted by Gasteiger charge is 2.39. The second kappa shape index (κ2) is 16.1. The number of amides is 1. The monoisotopic (exact) mass is 394 g/mol. The summed E-state index contributed by atoms with van der Waals surface area (Å²) in [5, 5.41) is 2.97. The van der Waals surface area contributed by atoms with E-state index in [9.17, 15) is 4.79 Å². The number of rotatable bonds is 17. The minimum absolute atomic E-state index is 0.146. The van der Waals surface area contributed by atoms with Crippen LogP contribution < -0.4 is 5.32 Å². The van der Waals surface area contributed by atoms with Gasteiger partial charge in [0.1, 0.15) is 0 Å². The molecule has 0 heterocycles. The molecule has 0 saturated carbocycles. The van der Waals surface area contributed by atoms with Crippen molar-refractivity contribution in [1.82, 2.24) is 10.2 Å². The van der Waals surface area contributed by atoms with E-state index in [1.165, 1.54) is 0 Å². The molecule has 0 rings (SSSR count). The van der Waals surface area contributed by atoms with Gasteiger partial charge in [-0.05, 0) is 60.0 Å². The van der Waals surface area contributed by atoms with Crippen LogP contribution >= 0.6 is 11.8 Å². The van der Waals surface area contributed by atoms with Gasteiger partial charge in [0.2, 0.25) is 5.91 Å². The lowest BCUT2D eigenvalue weighted by atomic mass is 10.4. The zero-order valence-corrected chi connectivity index (χ0v) is 18.6. The minimum atomic E-state index is -2.51. The van der Waals surface area contributed by atoms with Crippen LogP contribution in [0.5, 0.6) is 0 Å². The van der Waals surface area contributed by atoms with Crippen LogP contribution in [0, 0.1) is 0 Å². The Morgan fingerprint density at radius 3 is 2.12 bits per heavy atom. The summed E-state index contributed by atoms with van der Waals surface area (Å²) < 4.78 is 17.5. The number of carbonyl (C=O) groups is 1. The molecule has 0 unspecified atom stereocenters. The molecule has 0 atom stereocenters. The second-order valence-electron chi connectivity index (χ2n) is 5.95. The molecule has 0 radical (unpaired) electrons. The standard InChI is InChI=1S/C17H38N2O4SSi/c1-6-21-25(22-7-2,23-8-3)16-10-14-24-15-11-17(20)18-12-9-13-19(4)5/h6-16H2,1-5H3,(H,18,20). The van der Waals surface area contributed by atoms with E-state index in [0.29, 0.717) is 26.2 Å². The van der Waals surface area contributed by atoms with E-state index in [2.05, 4.69) is 10.2 Å². The summed E-state index contributed by atoms with van der Waals surface area (Å²) in [6, 6.07) is 0.840. The van der Waals surface area contributed by atoms with Gasteiger partial charge in [-0.2, -0.15) is 11.8 Å². The Morgan fingerprint density at radius 2 is 1.60 bits per heavy atom. The van der Waals surface area contributed by atoms with Crippen molar-refractivity contribution in [3.63, 3.8) is 0 Å². The van der Waals surface area contributed by atoms with Crippen LogP contribution in [0.4, 0.5) is 0 Å². The summed E-state index contributed by atoms with van der Waals surface area (Å²) in [6.45, 7) is 9.55. The molecule has 1 amide bonds. The minimum Gasteiger partial charge on any atom is -0.374 e. The lowest BCUT2D eigenvalue weighted by Crippen LogP contribution is -2.46. The van der Waals surface area contributed by atoms with Crippen molar-refractivity contribution < 1.29 is 18.1 Å². The van der Waals surface area contributed by atoms with E-state index in [0.717, 1.165) is 43.5 Å². The lowest BCUT2D eigenvalue weighted by molar-refractivity contribution is -0.120. The molecule has 0 aliphatic carbocycles. The molecule has 0 aromatic rings. The maximum Gasteiger partial charge on any atom is 0.500 e. The fraction of sp³-hybridized carbons (Fsp3) is 0.941. The molecule has 1 N–H and O–H groups in total. The first-order chi connectivity index (χ1) is 12.0. The van der Waals surface area contributed by atoms with E-state index in [4.69, 9.17) is 13.3 Å². The normalized spacial score (nSPS) is 11.9. The van der Waals surface area contributed by atoms with E-state index in [1.807, 2.05) is 46.6 Å². The SMILES string of the molecule is CCO[Si](CCCSCCC(=O)NCCCN(C)C)(OCC)OCC. The van der Waals surface area contributed by atoms with Gasteiger partial charge in [-0.25, -0.2) is 0 Å². The summed E-state index contributed by atoms with van der Waals surface area (Å²) in [7, 11) is 1.58. The van der Waals surface area contributed by atoms with Gasteiger partial charge < -0.3 is 23.5 Å². The highest BCUT2D eigenvalue weighted by molar-refractivity contribution is 7.99. The fourth-order valence-corrected chi connectivity index (χ4v) is 6.12. The quantitative estimate of drug-likeness (QED) is 0.302. The van der Waals surface area contributed by atoms with Gasteiger partial charge in [-0.3, -0.25) is 4.79 Å². The van der Waals surface area contributed by atoms with Gasteiger partial charge in [-0.1, -0.05) is 0 Å². The van der Waals surface area contributed by atoms with Crippen LogP contribution in [0.25, 0.3) is 0 Å². The maximum absolute atomic E-state index is 11.7. The van der Waals surface area contributed by atoms with Gasteiger partial charge in [0.05, 0.1) is 0 Å². The van der Waals surface area contributed by atoms with Crippen LogP contribution in [-0.2, 0) is 18.1 Å². The van der Waals surface area contributed by atoms with Crippen molar-refractivity contribution in [2.24, 2.45) is 0 Å². The predicted octanol–water partition coefficient (Wildman–Crippen LogP) is 2.62. The number of nitrogens with zero attached hydrogens (tertiary/aromatic N) is 1. The van der Waals surface area contributed by atoms with Gasteiger partial charge in [0, 0.05) is 44.6 Å². The van der Waals surface area contributed by atoms with Crippen LogP contribution in [0.3, 0.4) is 0 Å². The molecule has 0 spiro atoms. The Balaban J connectivity index is 3.82. The molecule has 0 aliphatic heterocycles. The molecular weight excluding hydrogens is 356 g/mol. The fourth-order valence-electron chi connectivity index (χ4n) is 2.37. The Bertz CT molecular complexity index is 319. The van der Waals surface area contributed by atoms with Gasteiger partial charge in [0.15, 0.2) is 0 Å². The van der Waals surface area contributed by atoms with Crippen molar-refractivity contribution in [1.29, 1.82) is 0 Å².